The Hall–Kier alpha value is -6.57. The van der Waals surface area contributed by atoms with Crippen LogP contribution >= 0.6 is 0 Å². The van der Waals surface area contributed by atoms with E-state index in [1.807, 2.05) is 24.3 Å². The maximum absolute atomic E-state index is 10.6. The molecular weight excluding hydrogens is 574 g/mol. The van der Waals surface area contributed by atoms with Gasteiger partial charge in [-0.25, -0.2) is 0 Å². The summed E-state index contributed by atoms with van der Waals surface area (Å²) < 4.78 is 11.2. The fourth-order valence-electron chi connectivity index (χ4n) is 7.66. The average Bonchev–Trinajstić information content (AvgIpc) is 3.79. The second-order valence-electron chi connectivity index (χ2n) is 12.0. The number of rotatable bonds is 3. The van der Waals surface area contributed by atoms with E-state index in [9.17, 15) is 5.26 Å². The monoisotopic (exact) mass is 599 g/mol. The highest BCUT2D eigenvalue weighted by Crippen LogP contribution is 2.44. The summed E-state index contributed by atoms with van der Waals surface area (Å²) in [7, 11) is 0. The molecular formula is C43H25N3O. The molecule has 0 aliphatic heterocycles. The van der Waals surface area contributed by atoms with Crippen LogP contribution in [0, 0.1) is 11.3 Å². The smallest absolute Gasteiger partial charge is 0.145 e. The summed E-state index contributed by atoms with van der Waals surface area (Å²) in [6.45, 7) is 0. The molecule has 0 radical (unpaired) electrons. The summed E-state index contributed by atoms with van der Waals surface area (Å²) in [6, 6.07) is 55.2. The van der Waals surface area contributed by atoms with Crippen LogP contribution in [0.25, 0.3) is 88.1 Å². The van der Waals surface area contributed by atoms with Crippen LogP contribution in [0.2, 0.25) is 0 Å². The third-order valence-electron chi connectivity index (χ3n) is 9.58. The van der Waals surface area contributed by atoms with Crippen molar-refractivity contribution >= 4 is 65.6 Å². The number of aromatic nitrogens is 2. The lowest BCUT2D eigenvalue weighted by molar-refractivity contribution is 0.673. The van der Waals surface area contributed by atoms with E-state index in [-0.39, 0.29) is 0 Å². The Labute approximate surface area is 269 Å². The van der Waals surface area contributed by atoms with Gasteiger partial charge < -0.3 is 13.6 Å². The van der Waals surface area contributed by atoms with Crippen molar-refractivity contribution in [3.8, 4) is 28.6 Å². The summed E-state index contributed by atoms with van der Waals surface area (Å²) in [5, 5.41) is 17.4. The Balaban J connectivity index is 1.33. The van der Waals surface area contributed by atoms with Gasteiger partial charge in [-0.05, 0) is 54.6 Å². The number of nitrogens with zero attached hydrogens (tertiary/aromatic N) is 3. The Morgan fingerprint density at radius 1 is 0.447 bits per heavy atom. The number of para-hydroxylation sites is 5. The van der Waals surface area contributed by atoms with Gasteiger partial charge in [0.1, 0.15) is 11.2 Å². The molecule has 47 heavy (non-hydrogen) atoms. The van der Waals surface area contributed by atoms with Crippen molar-refractivity contribution in [1.29, 1.82) is 5.26 Å². The van der Waals surface area contributed by atoms with E-state index >= 15 is 0 Å². The average molecular weight is 600 g/mol. The van der Waals surface area contributed by atoms with Gasteiger partial charge >= 0.3 is 0 Å². The number of furan rings is 1. The normalized spacial score (nSPS) is 11.8. The van der Waals surface area contributed by atoms with E-state index in [0.29, 0.717) is 5.56 Å². The largest absolute Gasteiger partial charge is 0.455 e. The minimum Gasteiger partial charge on any atom is -0.455 e. The van der Waals surface area contributed by atoms with Crippen LogP contribution in [-0.2, 0) is 0 Å². The summed E-state index contributed by atoms with van der Waals surface area (Å²) in [4.78, 5) is 0. The molecule has 0 atom stereocenters. The van der Waals surface area contributed by atoms with Gasteiger partial charge in [-0.2, -0.15) is 5.26 Å². The highest BCUT2D eigenvalue weighted by Gasteiger charge is 2.23. The summed E-state index contributed by atoms with van der Waals surface area (Å²) in [5.41, 5.74) is 10.6. The maximum Gasteiger partial charge on any atom is 0.145 e. The zero-order valence-corrected chi connectivity index (χ0v) is 25.2. The third kappa shape index (κ3) is 3.51. The van der Waals surface area contributed by atoms with Crippen LogP contribution in [0.1, 0.15) is 5.56 Å². The van der Waals surface area contributed by atoms with Crippen molar-refractivity contribution in [2.24, 2.45) is 0 Å². The van der Waals surface area contributed by atoms with Crippen LogP contribution in [0.4, 0.5) is 0 Å². The third-order valence-corrected chi connectivity index (χ3v) is 9.58. The number of nitriles is 1. The molecule has 0 aliphatic rings. The number of benzene rings is 7. The topological polar surface area (TPSA) is 46.8 Å². The lowest BCUT2D eigenvalue weighted by atomic mass is 9.96. The van der Waals surface area contributed by atoms with Gasteiger partial charge in [0.05, 0.1) is 50.5 Å². The van der Waals surface area contributed by atoms with Crippen LogP contribution in [-0.4, -0.2) is 9.13 Å². The molecule has 0 saturated heterocycles. The van der Waals surface area contributed by atoms with Crippen molar-refractivity contribution in [2.45, 2.75) is 0 Å². The molecule has 4 heteroatoms. The van der Waals surface area contributed by atoms with Crippen LogP contribution in [0.3, 0.4) is 0 Å². The second-order valence-corrected chi connectivity index (χ2v) is 12.0. The first-order valence-electron chi connectivity index (χ1n) is 15.8. The fraction of sp³-hybridized carbons (Fsp3) is 0. The van der Waals surface area contributed by atoms with E-state index in [1.165, 1.54) is 10.8 Å². The number of hydrogen-bond donors (Lipinski definition) is 0. The molecule has 0 aliphatic carbocycles. The first-order valence-corrected chi connectivity index (χ1v) is 15.8. The van der Waals surface area contributed by atoms with E-state index in [4.69, 9.17) is 4.42 Å². The van der Waals surface area contributed by atoms with Crippen LogP contribution in [0.15, 0.2) is 156 Å². The lowest BCUT2D eigenvalue weighted by Gasteiger charge is -2.19. The van der Waals surface area contributed by atoms with E-state index in [1.54, 1.807) is 0 Å². The Kier molecular flexibility index (Phi) is 5.32. The van der Waals surface area contributed by atoms with Gasteiger partial charge in [-0.15, -0.1) is 0 Å². The van der Waals surface area contributed by atoms with Crippen molar-refractivity contribution in [1.82, 2.24) is 9.13 Å². The first-order chi connectivity index (χ1) is 23.3. The standard InChI is InChI=1S/C43H25N3O/c44-26-27-12-11-22-38(41(27)32-16-3-8-20-36(32)45-34-18-6-1-13-28(34)29-14-2-7-19-35(29)45)46-37-21-9-4-17-33(37)42-39(46)25-24-31-30-15-5-10-23-40(30)47-43(31)42/h1-25H. The molecule has 0 saturated carbocycles. The lowest BCUT2D eigenvalue weighted by Crippen LogP contribution is -2.03. The molecule has 0 spiro atoms. The molecule has 0 bridgehead atoms. The van der Waals surface area contributed by atoms with Gasteiger partial charge in [-0.1, -0.05) is 97.1 Å². The highest BCUT2D eigenvalue weighted by atomic mass is 16.3. The molecule has 0 N–H and O–H groups in total. The van der Waals surface area contributed by atoms with Gasteiger partial charge in [0.15, 0.2) is 0 Å². The summed E-state index contributed by atoms with van der Waals surface area (Å²) in [6.07, 6.45) is 0. The molecule has 7 aromatic carbocycles. The molecule has 4 nitrogen and oxygen atoms in total. The van der Waals surface area contributed by atoms with Crippen LogP contribution < -0.4 is 0 Å². The zero-order chi connectivity index (χ0) is 31.1. The van der Waals surface area contributed by atoms with Crippen LogP contribution in [0.5, 0.6) is 0 Å². The van der Waals surface area contributed by atoms with Crippen molar-refractivity contribution < 1.29 is 4.42 Å². The minimum absolute atomic E-state index is 0.617. The predicted octanol–water partition coefficient (Wildman–Crippen LogP) is 11.3. The van der Waals surface area contributed by atoms with Crippen molar-refractivity contribution in [3.63, 3.8) is 0 Å². The molecule has 10 aromatic rings. The summed E-state index contributed by atoms with van der Waals surface area (Å²) >= 11 is 0. The number of fused-ring (bicyclic) bond motifs is 10. The molecule has 218 valence electrons. The van der Waals surface area contributed by atoms with Gasteiger partial charge in [-0.3, -0.25) is 0 Å². The molecule has 10 rings (SSSR count). The van der Waals surface area contributed by atoms with Crippen molar-refractivity contribution in [3.05, 3.63) is 157 Å². The Morgan fingerprint density at radius 2 is 1.02 bits per heavy atom. The molecule has 0 amide bonds. The van der Waals surface area contributed by atoms with E-state index in [0.717, 1.165) is 77.3 Å². The van der Waals surface area contributed by atoms with E-state index < -0.39 is 0 Å². The predicted molar refractivity (Wildman–Crippen MR) is 193 cm³/mol. The Bertz CT molecular complexity index is 2880. The van der Waals surface area contributed by atoms with Gasteiger partial charge in [0.2, 0.25) is 0 Å². The highest BCUT2D eigenvalue weighted by molar-refractivity contribution is 6.24. The molecule has 0 fully saturated rings. The van der Waals surface area contributed by atoms with Crippen molar-refractivity contribution in [2.75, 3.05) is 0 Å². The molecule has 3 aromatic heterocycles. The SMILES string of the molecule is N#Cc1cccc(-n2c3ccccc3c3c4oc5ccccc5c4ccc32)c1-c1ccccc1-n1c2ccccc2c2ccccc21. The quantitative estimate of drug-likeness (QED) is 0.203. The van der Waals surface area contributed by atoms with Gasteiger partial charge in [0.25, 0.3) is 0 Å². The van der Waals surface area contributed by atoms with E-state index in [2.05, 4.69) is 143 Å². The minimum atomic E-state index is 0.617. The Morgan fingerprint density at radius 3 is 1.77 bits per heavy atom. The second kappa shape index (κ2) is 9.71. The van der Waals surface area contributed by atoms with Gasteiger partial charge in [0, 0.05) is 38.1 Å². The molecule has 0 unspecified atom stereocenters. The number of hydrogen-bond acceptors (Lipinski definition) is 2. The summed E-state index contributed by atoms with van der Waals surface area (Å²) in [5.74, 6) is 0. The fourth-order valence-corrected chi connectivity index (χ4v) is 7.66. The first kappa shape index (κ1) is 25.7. The molecule has 3 heterocycles. The zero-order valence-electron chi connectivity index (χ0n) is 25.2. The maximum atomic E-state index is 10.6.